The molecule has 9 heteroatoms. The summed E-state index contributed by atoms with van der Waals surface area (Å²) in [5.41, 5.74) is 1.07. The number of ether oxygens (including phenoxy) is 1. The quantitative estimate of drug-likeness (QED) is 0.496. The molecule has 2 aromatic heterocycles. The molecule has 3 heterocycles. The summed E-state index contributed by atoms with van der Waals surface area (Å²) in [5, 5.41) is 9.75. The molecule has 3 rings (SSSR count). The fourth-order valence-electron chi connectivity index (χ4n) is 3.17. The predicted octanol–water partition coefficient (Wildman–Crippen LogP) is 3.58. The van der Waals surface area contributed by atoms with Crippen LogP contribution in [-0.4, -0.2) is 50.6 Å². The van der Waals surface area contributed by atoms with Gasteiger partial charge in [-0.2, -0.15) is 4.98 Å². The minimum Gasteiger partial charge on any atom is -0.430 e. The third-order valence-electron chi connectivity index (χ3n) is 4.80. The van der Waals surface area contributed by atoms with Crippen molar-refractivity contribution >= 4 is 23.3 Å². The van der Waals surface area contributed by atoms with E-state index in [1.807, 2.05) is 32.1 Å². The third kappa shape index (κ3) is 4.81. The number of nitrogens with zero attached hydrogens (tertiary/aromatic N) is 5. The SMILES string of the molecule is C=C1N(CCCO)C(=O)c2c(nc(O/C(C)=C/C=C\C)n2Cc2ccc(Cl)cn2)N1C. The summed E-state index contributed by atoms with van der Waals surface area (Å²) in [5.74, 6) is 1.32. The number of allylic oxidation sites excluding steroid dienone is 4. The van der Waals surface area contributed by atoms with E-state index in [9.17, 15) is 9.90 Å². The van der Waals surface area contributed by atoms with Gasteiger partial charge in [-0.15, -0.1) is 0 Å². The standard InChI is InChI=1S/C22H26ClN5O3/c1-5-6-8-15(2)31-22-25-20-19(28(22)14-18-10-9-17(23)13-24-18)21(30)27(11-7-12-29)16(3)26(20)4/h5-6,8-10,13,29H,3,7,11-12,14H2,1-2,4H3/b6-5-,15-8+. The molecule has 164 valence electrons. The first-order valence-corrected chi connectivity index (χ1v) is 10.3. The number of carbonyl (C=O) groups excluding carboxylic acids is 1. The Morgan fingerprint density at radius 2 is 2.16 bits per heavy atom. The van der Waals surface area contributed by atoms with Crippen LogP contribution in [0.2, 0.25) is 5.02 Å². The second-order valence-electron chi connectivity index (χ2n) is 7.03. The Bertz CT molecular complexity index is 1030. The summed E-state index contributed by atoms with van der Waals surface area (Å²) < 4.78 is 7.69. The highest BCUT2D eigenvalue weighted by molar-refractivity contribution is 6.30. The van der Waals surface area contributed by atoms with Crippen LogP contribution in [0.15, 0.2) is 54.7 Å². The van der Waals surface area contributed by atoms with Crippen molar-refractivity contribution in [3.63, 3.8) is 0 Å². The first kappa shape index (κ1) is 22.6. The summed E-state index contributed by atoms with van der Waals surface area (Å²) in [7, 11) is 1.80. The molecule has 0 fully saturated rings. The zero-order chi connectivity index (χ0) is 22.5. The molecule has 0 atom stereocenters. The fourth-order valence-corrected chi connectivity index (χ4v) is 3.28. The van der Waals surface area contributed by atoms with Crippen LogP contribution >= 0.6 is 11.6 Å². The van der Waals surface area contributed by atoms with Crippen LogP contribution < -0.4 is 9.64 Å². The predicted molar refractivity (Wildman–Crippen MR) is 120 cm³/mol. The van der Waals surface area contributed by atoms with Crippen molar-refractivity contribution in [1.82, 2.24) is 19.4 Å². The van der Waals surface area contributed by atoms with Gasteiger partial charge in [-0.1, -0.05) is 30.3 Å². The first-order chi connectivity index (χ1) is 14.9. The highest BCUT2D eigenvalue weighted by Crippen LogP contribution is 2.35. The van der Waals surface area contributed by atoms with E-state index in [0.29, 0.717) is 46.8 Å². The number of aromatic nitrogens is 3. The van der Waals surface area contributed by atoms with Gasteiger partial charge in [0.25, 0.3) is 5.91 Å². The van der Waals surface area contributed by atoms with Crippen LogP contribution in [0.1, 0.15) is 36.5 Å². The van der Waals surface area contributed by atoms with E-state index >= 15 is 0 Å². The summed E-state index contributed by atoms with van der Waals surface area (Å²) in [4.78, 5) is 25.6. The van der Waals surface area contributed by atoms with Crippen LogP contribution in [-0.2, 0) is 6.54 Å². The molecule has 0 aliphatic carbocycles. The highest BCUT2D eigenvalue weighted by Gasteiger charge is 2.37. The van der Waals surface area contributed by atoms with E-state index in [-0.39, 0.29) is 25.1 Å². The molecule has 2 aromatic rings. The molecule has 0 saturated carbocycles. The zero-order valence-electron chi connectivity index (χ0n) is 17.9. The lowest BCUT2D eigenvalue weighted by Crippen LogP contribution is -2.44. The lowest BCUT2D eigenvalue weighted by molar-refractivity contribution is 0.0774. The number of pyridine rings is 1. The molecule has 8 nitrogen and oxygen atoms in total. The van der Waals surface area contributed by atoms with Gasteiger partial charge in [0.15, 0.2) is 11.5 Å². The highest BCUT2D eigenvalue weighted by atomic mass is 35.5. The topological polar surface area (TPSA) is 83.7 Å². The van der Waals surface area contributed by atoms with E-state index in [4.69, 9.17) is 16.3 Å². The Morgan fingerprint density at radius 3 is 2.81 bits per heavy atom. The van der Waals surface area contributed by atoms with Gasteiger partial charge in [-0.05, 0) is 38.5 Å². The Labute approximate surface area is 186 Å². The van der Waals surface area contributed by atoms with E-state index in [1.165, 1.54) is 0 Å². The number of rotatable bonds is 8. The second kappa shape index (κ2) is 9.80. The number of hydrogen-bond donors (Lipinski definition) is 1. The molecule has 1 N–H and O–H groups in total. The maximum absolute atomic E-state index is 13.4. The van der Waals surface area contributed by atoms with Gasteiger partial charge in [0.1, 0.15) is 11.6 Å². The maximum atomic E-state index is 13.4. The molecule has 0 radical (unpaired) electrons. The van der Waals surface area contributed by atoms with Crippen molar-refractivity contribution < 1.29 is 14.6 Å². The summed E-state index contributed by atoms with van der Waals surface area (Å²) in [6.45, 7) is 8.35. The van der Waals surface area contributed by atoms with Gasteiger partial charge in [0.05, 0.1) is 17.3 Å². The number of fused-ring (bicyclic) bond motifs is 1. The number of anilines is 1. The molecule has 0 unspecified atom stereocenters. The minimum atomic E-state index is -0.252. The van der Waals surface area contributed by atoms with E-state index in [0.717, 1.165) is 0 Å². The Kier molecular flexibility index (Phi) is 7.14. The van der Waals surface area contributed by atoms with Gasteiger partial charge in [-0.25, -0.2) is 0 Å². The molecule has 0 aromatic carbocycles. The van der Waals surface area contributed by atoms with Crippen LogP contribution in [0.25, 0.3) is 0 Å². The van der Waals surface area contributed by atoms with E-state index < -0.39 is 0 Å². The summed E-state index contributed by atoms with van der Waals surface area (Å²) >= 11 is 5.97. The molecule has 1 aliphatic rings. The zero-order valence-corrected chi connectivity index (χ0v) is 18.6. The first-order valence-electron chi connectivity index (χ1n) is 9.91. The van der Waals surface area contributed by atoms with Crippen LogP contribution in [0.4, 0.5) is 5.82 Å². The monoisotopic (exact) mass is 443 g/mol. The molecular weight excluding hydrogens is 418 g/mol. The van der Waals surface area contributed by atoms with Crippen LogP contribution in [0.5, 0.6) is 6.01 Å². The Morgan fingerprint density at radius 1 is 1.39 bits per heavy atom. The van der Waals surface area contributed by atoms with E-state index in [2.05, 4.69) is 16.5 Å². The molecule has 0 saturated heterocycles. The molecule has 1 aliphatic heterocycles. The smallest absolute Gasteiger partial charge is 0.304 e. The van der Waals surface area contributed by atoms with Crippen molar-refractivity contribution in [1.29, 1.82) is 0 Å². The van der Waals surface area contributed by atoms with Crippen molar-refractivity contribution in [3.05, 3.63) is 71.1 Å². The average molecular weight is 444 g/mol. The van der Waals surface area contributed by atoms with E-state index in [1.54, 1.807) is 39.7 Å². The lowest BCUT2D eigenvalue weighted by atomic mass is 10.2. The van der Waals surface area contributed by atoms with Crippen molar-refractivity contribution in [3.8, 4) is 6.01 Å². The molecule has 0 spiro atoms. The van der Waals surface area contributed by atoms with Crippen LogP contribution in [0, 0.1) is 0 Å². The summed E-state index contributed by atoms with van der Waals surface area (Å²) in [6, 6.07) is 3.81. The van der Waals surface area contributed by atoms with Gasteiger partial charge in [-0.3, -0.25) is 19.2 Å². The number of aliphatic hydroxyl groups excluding tert-OH is 1. The van der Waals surface area contributed by atoms with Crippen molar-refractivity contribution in [2.45, 2.75) is 26.8 Å². The Hall–Kier alpha value is -3.10. The number of amides is 1. The second-order valence-corrected chi connectivity index (χ2v) is 7.47. The molecule has 1 amide bonds. The lowest BCUT2D eigenvalue weighted by Gasteiger charge is -2.35. The number of hydrogen-bond acceptors (Lipinski definition) is 6. The maximum Gasteiger partial charge on any atom is 0.304 e. The molecule has 31 heavy (non-hydrogen) atoms. The third-order valence-corrected chi connectivity index (χ3v) is 5.03. The van der Waals surface area contributed by atoms with Gasteiger partial charge < -0.3 is 14.7 Å². The number of imidazole rings is 1. The Balaban J connectivity index is 2.09. The number of halogens is 1. The van der Waals surface area contributed by atoms with Crippen molar-refractivity contribution in [2.24, 2.45) is 0 Å². The van der Waals surface area contributed by atoms with Gasteiger partial charge >= 0.3 is 6.01 Å². The van der Waals surface area contributed by atoms with Crippen molar-refractivity contribution in [2.75, 3.05) is 25.1 Å². The largest absolute Gasteiger partial charge is 0.430 e. The summed E-state index contributed by atoms with van der Waals surface area (Å²) in [6.07, 6.45) is 7.56. The van der Waals surface area contributed by atoms with Gasteiger partial charge in [0, 0.05) is 26.4 Å². The normalized spacial score (nSPS) is 14.5. The molecular formula is C22H26ClN5O3. The number of carbonyl (C=O) groups is 1. The fraction of sp³-hybridized carbons (Fsp3) is 0.318. The number of aliphatic hydroxyl groups is 1. The average Bonchev–Trinajstić information content (AvgIpc) is 3.10. The minimum absolute atomic E-state index is 0.0229. The van der Waals surface area contributed by atoms with Gasteiger partial charge in [0.2, 0.25) is 0 Å². The molecule has 0 bridgehead atoms. The van der Waals surface area contributed by atoms with Crippen LogP contribution in [0.3, 0.4) is 0 Å².